The Labute approximate surface area is 313 Å². The van der Waals surface area contributed by atoms with Gasteiger partial charge in [0, 0.05) is 33.0 Å². The zero-order chi connectivity index (χ0) is 39.2. The predicted molar refractivity (Wildman–Crippen MR) is 205 cm³/mol. The zero-order valence-electron chi connectivity index (χ0n) is 30.2. The third kappa shape index (κ3) is 12.1. The molecule has 3 aromatic rings. The molecule has 0 bridgehead atoms. The summed E-state index contributed by atoms with van der Waals surface area (Å²) in [5.41, 5.74) is 23.3. The third-order valence-electron chi connectivity index (χ3n) is 8.95. The molecule has 0 unspecified atom stereocenters. The fourth-order valence-corrected chi connectivity index (χ4v) is 6.12. The van der Waals surface area contributed by atoms with E-state index in [1.807, 2.05) is 42.5 Å². The molecular formula is C37H49N11O6. The third-order valence-corrected chi connectivity index (χ3v) is 8.95. The van der Waals surface area contributed by atoms with Gasteiger partial charge in [0.15, 0.2) is 11.9 Å². The summed E-state index contributed by atoms with van der Waals surface area (Å²) >= 11 is 0. The minimum absolute atomic E-state index is 0.00658. The highest BCUT2D eigenvalue weighted by Crippen LogP contribution is 2.19. The Morgan fingerprint density at radius 2 is 1.30 bits per heavy atom. The van der Waals surface area contributed by atoms with Crippen LogP contribution in [-0.4, -0.2) is 102 Å². The summed E-state index contributed by atoms with van der Waals surface area (Å²) in [7, 11) is 1.45. The number of phenols is 1. The maximum atomic E-state index is 14.3. The van der Waals surface area contributed by atoms with Gasteiger partial charge >= 0.3 is 0 Å². The van der Waals surface area contributed by atoms with Crippen LogP contribution in [-0.2, 0) is 36.8 Å². The highest BCUT2D eigenvalue weighted by molar-refractivity contribution is 5.97. The number of aromatic hydroxyl groups is 1. The van der Waals surface area contributed by atoms with Gasteiger partial charge < -0.3 is 54.2 Å². The SMILES string of the molecule is CN1C(=O)[C@H](Cc2ccc3ccccc3c2)NC(=O)CNC(=O)[C@@H](Cc2ccc(O)cc2)NC(=O)[C@@H](CCCN=C(N)N)NC(=O)[C@@H]1CCCN=C(N)N. The molecule has 0 aliphatic carbocycles. The number of carbonyl (C=O) groups excluding carboxylic acids is 5. The molecule has 1 aliphatic rings. The van der Waals surface area contributed by atoms with E-state index in [0.29, 0.717) is 12.0 Å². The molecule has 1 saturated heterocycles. The molecule has 3 aromatic carbocycles. The molecule has 1 aliphatic heterocycles. The van der Waals surface area contributed by atoms with Gasteiger partial charge in [-0.25, -0.2) is 0 Å². The molecule has 0 saturated carbocycles. The molecule has 17 nitrogen and oxygen atoms in total. The van der Waals surface area contributed by atoms with Crippen molar-refractivity contribution in [3.05, 3.63) is 77.9 Å². The highest BCUT2D eigenvalue weighted by atomic mass is 16.3. The van der Waals surface area contributed by atoms with Gasteiger partial charge in [-0.3, -0.25) is 34.0 Å². The molecule has 13 N–H and O–H groups in total. The second kappa shape index (κ2) is 19.4. The summed E-state index contributed by atoms with van der Waals surface area (Å²) in [6, 6.07) is 14.9. The number of hydrogen-bond acceptors (Lipinski definition) is 8. The van der Waals surface area contributed by atoms with E-state index in [1.54, 1.807) is 12.1 Å². The van der Waals surface area contributed by atoms with Crippen molar-refractivity contribution < 1.29 is 29.1 Å². The number of carbonyl (C=O) groups is 5. The van der Waals surface area contributed by atoms with Crippen molar-refractivity contribution >= 4 is 52.2 Å². The number of benzene rings is 3. The van der Waals surface area contributed by atoms with Crippen molar-refractivity contribution in [3.63, 3.8) is 0 Å². The maximum Gasteiger partial charge on any atom is 0.245 e. The van der Waals surface area contributed by atoms with Gasteiger partial charge in [-0.2, -0.15) is 0 Å². The van der Waals surface area contributed by atoms with Crippen molar-refractivity contribution in [1.29, 1.82) is 0 Å². The van der Waals surface area contributed by atoms with Crippen molar-refractivity contribution in [2.45, 2.75) is 62.7 Å². The summed E-state index contributed by atoms with van der Waals surface area (Å²) in [5, 5.41) is 22.5. The first-order valence-electron chi connectivity index (χ1n) is 17.6. The zero-order valence-corrected chi connectivity index (χ0v) is 30.2. The summed E-state index contributed by atoms with van der Waals surface area (Å²) in [6.07, 6.45) is 0.823. The van der Waals surface area contributed by atoms with Crippen LogP contribution in [0, 0.1) is 0 Å². The van der Waals surface area contributed by atoms with Crippen LogP contribution in [0.1, 0.15) is 36.8 Å². The number of hydrogen-bond donors (Lipinski definition) is 9. The lowest BCUT2D eigenvalue weighted by Gasteiger charge is -2.32. The second-order valence-corrected chi connectivity index (χ2v) is 13.1. The van der Waals surface area contributed by atoms with Gasteiger partial charge in [0.05, 0.1) is 6.54 Å². The Bertz CT molecular complexity index is 1860. The van der Waals surface area contributed by atoms with E-state index < -0.39 is 60.2 Å². The van der Waals surface area contributed by atoms with E-state index in [2.05, 4.69) is 31.3 Å². The number of nitrogens with zero attached hydrogens (tertiary/aromatic N) is 3. The van der Waals surface area contributed by atoms with E-state index in [9.17, 15) is 29.1 Å². The molecule has 4 rings (SSSR count). The van der Waals surface area contributed by atoms with E-state index in [-0.39, 0.29) is 62.9 Å². The van der Waals surface area contributed by atoms with E-state index in [0.717, 1.165) is 16.3 Å². The predicted octanol–water partition coefficient (Wildman–Crippen LogP) is -1.15. The Morgan fingerprint density at radius 1 is 0.704 bits per heavy atom. The van der Waals surface area contributed by atoms with Crippen LogP contribution in [0.25, 0.3) is 10.8 Å². The molecule has 0 aromatic heterocycles. The smallest absolute Gasteiger partial charge is 0.245 e. The highest BCUT2D eigenvalue weighted by Gasteiger charge is 2.35. The lowest BCUT2D eigenvalue weighted by atomic mass is 9.99. The number of phenolic OH excluding ortho intramolecular Hbond substituents is 1. The minimum atomic E-state index is -1.19. The quantitative estimate of drug-likeness (QED) is 0.0610. The van der Waals surface area contributed by atoms with Crippen LogP contribution in [0.5, 0.6) is 5.75 Å². The van der Waals surface area contributed by atoms with Crippen LogP contribution in [0.15, 0.2) is 76.7 Å². The Kier molecular flexibility index (Phi) is 14.5. The number of amides is 5. The maximum absolute atomic E-state index is 14.3. The van der Waals surface area contributed by atoms with E-state index in [1.165, 1.54) is 24.1 Å². The normalized spacial score (nSPS) is 20.1. The lowest BCUT2D eigenvalue weighted by molar-refractivity contribution is -0.142. The summed E-state index contributed by atoms with van der Waals surface area (Å²) in [4.78, 5) is 78.5. The molecule has 0 radical (unpaired) electrons. The monoisotopic (exact) mass is 743 g/mol. The molecule has 4 atom stereocenters. The summed E-state index contributed by atoms with van der Waals surface area (Å²) in [6.45, 7) is -0.183. The standard InChI is InChI=1S/C37H49N11O6/c1-48-30(9-5-17-43-37(40)41)34(53)46-27(8-4-16-42-36(38)39)33(52)47-28(19-22-11-14-26(49)15-12-22)32(51)44-21-31(50)45-29(35(48)54)20-23-10-13-24-6-2-3-7-25(24)18-23/h2-3,6-7,10-15,18,27-30,49H,4-5,8-9,16-17,19-21H2,1H3,(H,44,51)(H,45,50)(H,46,53)(H,47,52)(H4,38,39,42)(H4,40,41,43)/t27-,28-,29+,30+/m1/s1. The van der Waals surface area contributed by atoms with E-state index in [4.69, 9.17) is 22.9 Å². The van der Waals surface area contributed by atoms with Gasteiger partial charge in [-0.05, 0) is 59.7 Å². The van der Waals surface area contributed by atoms with Crippen molar-refractivity contribution in [2.24, 2.45) is 32.9 Å². The number of nitrogens with one attached hydrogen (secondary N) is 4. The van der Waals surface area contributed by atoms with Crippen LogP contribution >= 0.6 is 0 Å². The Morgan fingerprint density at radius 3 is 1.96 bits per heavy atom. The number of fused-ring (bicyclic) bond motifs is 1. The van der Waals surface area contributed by atoms with Gasteiger partial charge in [0.2, 0.25) is 29.5 Å². The Balaban J connectivity index is 1.71. The first-order chi connectivity index (χ1) is 25.8. The van der Waals surface area contributed by atoms with Crippen molar-refractivity contribution in [2.75, 3.05) is 26.7 Å². The summed E-state index contributed by atoms with van der Waals surface area (Å²) in [5.74, 6) is -3.51. The molecule has 1 fully saturated rings. The van der Waals surface area contributed by atoms with Crippen molar-refractivity contribution in [3.8, 4) is 5.75 Å². The topological polar surface area (TPSA) is 286 Å². The number of nitrogens with two attached hydrogens (primary N) is 4. The Hall–Kier alpha value is -6.39. The minimum Gasteiger partial charge on any atom is -0.508 e. The number of aliphatic imine (C=N–C) groups is 2. The molecule has 288 valence electrons. The molecule has 1 heterocycles. The molecular weight excluding hydrogens is 694 g/mol. The molecule has 54 heavy (non-hydrogen) atoms. The lowest BCUT2D eigenvalue weighted by Crippen LogP contribution is -2.58. The van der Waals surface area contributed by atoms with Gasteiger partial charge in [-0.1, -0.05) is 54.6 Å². The van der Waals surface area contributed by atoms with Gasteiger partial charge in [0.25, 0.3) is 0 Å². The number of guanidine groups is 2. The van der Waals surface area contributed by atoms with Crippen LogP contribution in [0.2, 0.25) is 0 Å². The number of likely N-dealkylation sites (N-methyl/N-ethyl adjacent to an activating group) is 1. The molecule has 0 spiro atoms. The van der Waals surface area contributed by atoms with Gasteiger partial charge in [-0.15, -0.1) is 0 Å². The second-order valence-electron chi connectivity index (χ2n) is 13.1. The first kappa shape index (κ1) is 40.4. The molecule has 17 heteroatoms. The van der Waals surface area contributed by atoms with Crippen molar-refractivity contribution in [1.82, 2.24) is 26.2 Å². The average Bonchev–Trinajstić information content (AvgIpc) is 3.14. The first-order valence-corrected chi connectivity index (χ1v) is 17.6. The fourth-order valence-electron chi connectivity index (χ4n) is 6.12. The van der Waals surface area contributed by atoms with Crippen LogP contribution in [0.4, 0.5) is 0 Å². The molecule has 5 amide bonds. The van der Waals surface area contributed by atoms with Crippen LogP contribution in [0.3, 0.4) is 0 Å². The van der Waals surface area contributed by atoms with E-state index >= 15 is 0 Å². The fraction of sp³-hybridized carbons (Fsp3) is 0.378. The van der Waals surface area contributed by atoms with Crippen LogP contribution < -0.4 is 44.2 Å². The van der Waals surface area contributed by atoms with Gasteiger partial charge in [0.1, 0.15) is 29.9 Å². The summed E-state index contributed by atoms with van der Waals surface area (Å²) < 4.78 is 0. The largest absolute Gasteiger partial charge is 0.508 e. The average molecular weight is 744 g/mol. The number of rotatable bonds is 12.